The van der Waals surface area contributed by atoms with Crippen LogP contribution in [0.1, 0.15) is 28.0 Å². The molecule has 146 valence electrons. The number of ether oxygens (including phenoxy) is 1. The summed E-state index contributed by atoms with van der Waals surface area (Å²) in [6.45, 7) is 3.06. The van der Waals surface area contributed by atoms with E-state index in [4.69, 9.17) is 16.3 Å². The van der Waals surface area contributed by atoms with Gasteiger partial charge in [-0.05, 0) is 43.2 Å². The highest BCUT2D eigenvalue weighted by Gasteiger charge is 2.20. The van der Waals surface area contributed by atoms with Gasteiger partial charge in [-0.15, -0.1) is 0 Å². The topological polar surface area (TPSA) is 56.2 Å². The van der Waals surface area contributed by atoms with E-state index in [9.17, 15) is 9.18 Å². The number of carbonyl (C=O) groups is 1. The summed E-state index contributed by atoms with van der Waals surface area (Å²) in [6, 6.07) is 15.6. The second-order valence-electron chi connectivity index (χ2n) is 6.31. The van der Waals surface area contributed by atoms with E-state index < -0.39 is 0 Å². The van der Waals surface area contributed by atoms with Crippen LogP contribution in [0.25, 0.3) is 0 Å². The van der Waals surface area contributed by atoms with Gasteiger partial charge in [0.2, 0.25) is 0 Å². The van der Waals surface area contributed by atoms with Crippen LogP contribution in [0.15, 0.2) is 54.6 Å². The molecule has 0 aliphatic carbocycles. The SMILES string of the molecule is Cc1nn(Cc2ccc(F)cc2)c(Cl)c1C(=O)NCCCOc1ccccc1. The van der Waals surface area contributed by atoms with Crippen LogP contribution in [-0.4, -0.2) is 28.8 Å². The molecular formula is C21H21ClFN3O2. The van der Waals surface area contributed by atoms with Crippen LogP contribution in [0.4, 0.5) is 4.39 Å². The van der Waals surface area contributed by atoms with Crippen molar-refractivity contribution < 1.29 is 13.9 Å². The zero-order chi connectivity index (χ0) is 19.9. The first kappa shape index (κ1) is 19.9. The largest absolute Gasteiger partial charge is 0.494 e. The highest BCUT2D eigenvalue weighted by atomic mass is 35.5. The van der Waals surface area contributed by atoms with Crippen molar-refractivity contribution >= 4 is 17.5 Å². The maximum absolute atomic E-state index is 13.0. The molecule has 1 aromatic heterocycles. The average molecular weight is 402 g/mol. The Kier molecular flexibility index (Phi) is 6.66. The molecule has 5 nitrogen and oxygen atoms in total. The zero-order valence-electron chi connectivity index (χ0n) is 15.5. The van der Waals surface area contributed by atoms with Crippen LogP contribution < -0.4 is 10.1 Å². The fraction of sp³-hybridized carbons (Fsp3) is 0.238. The van der Waals surface area contributed by atoms with Crippen molar-refractivity contribution in [1.82, 2.24) is 15.1 Å². The normalized spacial score (nSPS) is 10.7. The number of nitrogens with zero attached hydrogens (tertiary/aromatic N) is 2. The van der Waals surface area contributed by atoms with Gasteiger partial charge in [0.05, 0.1) is 24.4 Å². The first-order chi connectivity index (χ1) is 13.5. The number of amides is 1. The molecular weight excluding hydrogens is 381 g/mol. The van der Waals surface area contributed by atoms with E-state index in [1.165, 1.54) is 16.8 Å². The molecule has 1 N–H and O–H groups in total. The van der Waals surface area contributed by atoms with Crippen molar-refractivity contribution in [2.45, 2.75) is 19.9 Å². The van der Waals surface area contributed by atoms with Crippen LogP contribution in [-0.2, 0) is 6.54 Å². The second-order valence-corrected chi connectivity index (χ2v) is 6.66. The van der Waals surface area contributed by atoms with Gasteiger partial charge in [-0.2, -0.15) is 5.10 Å². The first-order valence-corrected chi connectivity index (χ1v) is 9.36. The molecule has 0 bridgehead atoms. The summed E-state index contributed by atoms with van der Waals surface area (Å²) in [5.41, 5.74) is 1.74. The third-order valence-corrected chi connectivity index (χ3v) is 4.54. The summed E-state index contributed by atoms with van der Waals surface area (Å²) in [5, 5.41) is 7.45. The molecule has 7 heteroatoms. The molecule has 0 aliphatic heterocycles. The third kappa shape index (κ3) is 5.10. The predicted molar refractivity (Wildman–Crippen MR) is 106 cm³/mol. The van der Waals surface area contributed by atoms with Crippen molar-refractivity contribution in [3.05, 3.63) is 82.4 Å². The third-order valence-electron chi connectivity index (χ3n) is 4.16. The van der Waals surface area contributed by atoms with Gasteiger partial charge in [0.1, 0.15) is 16.7 Å². The number of para-hydroxylation sites is 1. The molecule has 0 atom stereocenters. The summed E-state index contributed by atoms with van der Waals surface area (Å²) >= 11 is 6.37. The molecule has 0 saturated carbocycles. The molecule has 3 aromatic rings. The summed E-state index contributed by atoms with van der Waals surface area (Å²) in [6.07, 6.45) is 0.668. The summed E-state index contributed by atoms with van der Waals surface area (Å²) < 4.78 is 20.2. The average Bonchev–Trinajstić information content (AvgIpc) is 2.97. The van der Waals surface area contributed by atoms with E-state index in [1.54, 1.807) is 19.1 Å². The van der Waals surface area contributed by atoms with Crippen molar-refractivity contribution in [2.75, 3.05) is 13.2 Å². The fourth-order valence-electron chi connectivity index (χ4n) is 2.75. The molecule has 2 aromatic carbocycles. The predicted octanol–water partition coefficient (Wildman–Crippen LogP) is 4.23. The quantitative estimate of drug-likeness (QED) is 0.574. The Morgan fingerprint density at radius 1 is 1.18 bits per heavy atom. The van der Waals surface area contributed by atoms with Crippen LogP contribution in [0.3, 0.4) is 0 Å². The summed E-state index contributed by atoms with van der Waals surface area (Å²) in [5.74, 6) is 0.227. The second kappa shape index (κ2) is 9.37. The molecule has 1 heterocycles. The van der Waals surface area contributed by atoms with E-state index in [2.05, 4.69) is 10.4 Å². The molecule has 3 rings (SSSR count). The number of rotatable bonds is 8. The fourth-order valence-corrected chi connectivity index (χ4v) is 3.07. The lowest BCUT2D eigenvalue weighted by Crippen LogP contribution is -2.26. The van der Waals surface area contributed by atoms with Crippen molar-refractivity contribution in [3.63, 3.8) is 0 Å². The minimum Gasteiger partial charge on any atom is -0.494 e. The molecule has 0 fully saturated rings. The Balaban J connectivity index is 1.53. The zero-order valence-corrected chi connectivity index (χ0v) is 16.2. The smallest absolute Gasteiger partial charge is 0.256 e. The van der Waals surface area contributed by atoms with Gasteiger partial charge < -0.3 is 10.1 Å². The Hall–Kier alpha value is -2.86. The van der Waals surface area contributed by atoms with Crippen LogP contribution in [0, 0.1) is 12.7 Å². The van der Waals surface area contributed by atoms with Crippen molar-refractivity contribution in [3.8, 4) is 5.75 Å². The maximum atomic E-state index is 13.0. The van der Waals surface area contributed by atoms with E-state index in [-0.39, 0.29) is 16.9 Å². The Morgan fingerprint density at radius 3 is 2.61 bits per heavy atom. The Bertz CT molecular complexity index is 927. The standard InChI is InChI=1S/C21H21ClFN3O2/c1-15-19(20(22)26(25-15)14-16-8-10-17(23)11-9-16)21(27)24-12-5-13-28-18-6-3-2-4-7-18/h2-4,6-11H,5,12-14H2,1H3,(H,24,27). The number of hydrogen-bond acceptors (Lipinski definition) is 3. The number of carbonyl (C=O) groups excluding carboxylic acids is 1. The number of hydrogen-bond donors (Lipinski definition) is 1. The van der Waals surface area contributed by atoms with Crippen LogP contribution in [0.2, 0.25) is 5.15 Å². The van der Waals surface area contributed by atoms with Gasteiger partial charge in [-0.25, -0.2) is 9.07 Å². The molecule has 0 unspecified atom stereocenters. The van der Waals surface area contributed by atoms with Gasteiger partial charge in [0.15, 0.2) is 0 Å². The van der Waals surface area contributed by atoms with Gasteiger partial charge in [-0.1, -0.05) is 41.9 Å². The lowest BCUT2D eigenvalue weighted by atomic mass is 10.2. The van der Waals surface area contributed by atoms with E-state index >= 15 is 0 Å². The summed E-state index contributed by atoms with van der Waals surface area (Å²) in [4.78, 5) is 12.5. The lowest BCUT2D eigenvalue weighted by Gasteiger charge is -2.07. The Labute approximate surface area is 168 Å². The summed E-state index contributed by atoms with van der Waals surface area (Å²) in [7, 11) is 0. The minimum atomic E-state index is -0.303. The molecule has 28 heavy (non-hydrogen) atoms. The van der Waals surface area contributed by atoms with E-state index in [0.29, 0.717) is 37.4 Å². The number of halogens is 2. The first-order valence-electron chi connectivity index (χ1n) is 8.98. The van der Waals surface area contributed by atoms with E-state index in [0.717, 1.165) is 11.3 Å². The Morgan fingerprint density at radius 2 is 1.89 bits per heavy atom. The van der Waals surface area contributed by atoms with Gasteiger partial charge in [0, 0.05) is 6.54 Å². The van der Waals surface area contributed by atoms with Crippen LogP contribution >= 0.6 is 11.6 Å². The van der Waals surface area contributed by atoms with Gasteiger partial charge >= 0.3 is 0 Å². The maximum Gasteiger partial charge on any atom is 0.256 e. The highest BCUT2D eigenvalue weighted by molar-refractivity contribution is 6.33. The molecule has 0 radical (unpaired) electrons. The van der Waals surface area contributed by atoms with Gasteiger partial charge in [-0.3, -0.25) is 4.79 Å². The van der Waals surface area contributed by atoms with E-state index in [1.807, 2.05) is 30.3 Å². The number of benzene rings is 2. The van der Waals surface area contributed by atoms with Crippen molar-refractivity contribution in [2.24, 2.45) is 0 Å². The molecule has 0 spiro atoms. The number of nitrogens with one attached hydrogen (secondary N) is 1. The highest BCUT2D eigenvalue weighted by Crippen LogP contribution is 2.21. The molecule has 0 aliphatic rings. The van der Waals surface area contributed by atoms with Gasteiger partial charge in [0.25, 0.3) is 5.91 Å². The van der Waals surface area contributed by atoms with Crippen LogP contribution in [0.5, 0.6) is 5.75 Å². The molecule has 1 amide bonds. The lowest BCUT2D eigenvalue weighted by molar-refractivity contribution is 0.0951. The molecule has 0 saturated heterocycles. The monoisotopic (exact) mass is 401 g/mol. The van der Waals surface area contributed by atoms with Crippen molar-refractivity contribution in [1.29, 1.82) is 0 Å². The number of aryl methyl sites for hydroxylation is 1. The number of aromatic nitrogens is 2. The minimum absolute atomic E-state index is 0.264.